The van der Waals surface area contributed by atoms with Crippen LogP contribution >= 0.6 is 0 Å². The van der Waals surface area contributed by atoms with Gasteiger partial charge in [0.2, 0.25) is 0 Å². The zero-order valence-electron chi connectivity index (χ0n) is 14.2. The molecule has 128 valence electrons. The number of ether oxygens (including phenoxy) is 2. The number of carbonyl (C=O) groups excluding carboxylic acids is 2. The van der Waals surface area contributed by atoms with Crippen LogP contribution in [-0.2, 0) is 19.1 Å². The Hall–Kier alpha value is -1.10. The predicted octanol–water partition coefficient (Wildman–Crippen LogP) is 2.82. The normalized spacial score (nSPS) is 23.4. The third kappa shape index (κ3) is 6.77. The van der Waals surface area contributed by atoms with Crippen molar-refractivity contribution in [1.29, 1.82) is 0 Å². The Bertz CT molecular complexity index is 346. The Labute approximate surface area is 134 Å². The van der Waals surface area contributed by atoms with Crippen LogP contribution in [-0.4, -0.2) is 37.7 Å². The van der Waals surface area contributed by atoms with E-state index in [-0.39, 0.29) is 29.9 Å². The van der Waals surface area contributed by atoms with Crippen LogP contribution in [0.2, 0.25) is 0 Å². The fourth-order valence-corrected chi connectivity index (χ4v) is 3.18. The van der Waals surface area contributed by atoms with E-state index in [1.807, 2.05) is 6.92 Å². The molecule has 5 nitrogen and oxygen atoms in total. The molecule has 0 aromatic heterocycles. The van der Waals surface area contributed by atoms with Gasteiger partial charge in [-0.25, -0.2) is 0 Å². The molecule has 1 N–H and O–H groups in total. The molecule has 0 aromatic rings. The molecule has 0 heterocycles. The molecule has 0 saturated heterocycles. The van der Waals surface area contributed by atoms with Crippen LogP contribution in [0.15, 0.2) is 0 Å². The van der Waals surface area contributed by atoms with Crippen LogP contribution in [0.5, 0.6) is 0 Å². The Balaban J connectivity index is 2.40. The average molecular weight is 313 g/mol. The van der Waals surface area contributed by atoms with Crippen molar-refractivity contribution in [3.05, 3.63) is 0 Å². The highest BCUT2D eigenvalue weighted by atomic mass is 16.5. The van der Waals surface area contributed by atoms with Gasteiger partial charge in [-0.15, -0.1) is 0 Å². The molecule has 0 aliphatic heterocycles. The average Bonchev–Trinajstić information content (AvgIpc) is 2.72. The second kappa shape index (κ2) is 10.6. The van der Waals surface area contributed by atoms with E-state index in [9.17, 15) is 9.59 Å². The van der Waals surface area contributed by atoms with Gasteiger partial charge >= 0.3 is 11.9 Å². The van der Waals surface area contributed by atoms with Crippen LogP contribution in [0.3, 0.4) is 0 Å². The Morgan fingerprint density at radius 2 is 1.95 bits per heavy atom. The molecule has 0 aromatic carbocycles. The number of methoxy groups -OCH3 is 1. The molecule has 0 unspecified atom stereocenters. The van der Waals surface area contributed by atoms with Gasteiger partial charge in [-0.2, -0.15) is 0 Å². The third-order valence-electron chi connectivity index (χ3n) is 4.34. The molecule has 1 rings (SSSR count). The molecule has 0 bridgehead atoms. The van der Waals surface area contributed by atoms with E-state index in [1.165, 1.54) is 13.5 Å². The van der Waals surface area contributed by atoms with Crippen LogP contribution in [0.4, 0.5) is 0 Å². The van der Waals surface area contributed by atoms with Crippen molar-refractivity contribution in [3.8, 4) is 0 Å². The van der Waals surface area contributed by atoms with Crippen LogP contribution in [0, 0.1) is 5.92 Å². The van der Waals surface area contributed by atoms with Gasteiger partial charge in [-0.3, -0.25) is 9.59 Å². The van der Waals surface area contributed by atoms with Crippen LogP contribution in [0.1, 0.15) is 65.2 Å². The molecule has 0 radical (unpaired) electrons. The van der Waals surface area contributed by atoms with Crippen molar-refractivity contribution in [2.45, 2.75) is 77.3 Å². The van der Waals surface area contributed by atoms with E-state index < -0.39 is 0 Å². The quantitative estimate of drug-likeness (QED) is 0.551. The lowest BCUT2D eigenvalue weighted by molar-refractivity contribution is -0.147. The van der Waals surface area contributed by atoms with Gasteiger partial charge in [0.05, 0.1) is 19.6 Å². The first-order chi connectivity index (χ1) is 10.6. The fourth-order valence-electron chi connectivity index (χ4n) is 3.18. The van der Waals surface area contributed by atoms with E-state index in [4.69, 9.17) is 9.47 Å². The summed E-state index contributed by atoms with van der Waals surface area (Å²) < 4.78 is 9.89. The maximum Gasteiger partial charge on any atom is 0.310 e. The summed E-state index contributed by atoms with van der Waals surface area (Å²) in [5.41, 5.74) is 0. The smallest absolute Gasteiger partial charge is 0.310 e. The number of rotatable bonds is 8. The first kappa shape index (κ1) is 18.9. The van der Waals surface area contributed by atoms with Crippen molar-refractivity contribution >= 4 is 11.9 Å². The van der Waals surface area contributed by atoms with Gasteiger partial charge in [0.25, 0.3) is 0 Å². The van der Waals surface area contributed by atoms with Crippen molar-refractivity contribution in [1.82, 2.24) is 5.32 Å². The summed E-state index contributed by atoms with van der Waals surface area (Å²) in [5, 5.41) is 3.58. The van der Waals surface area contributed by atoms with E-state index in [0.717, 1.165) is 38.5 Å². The van der Waals surface area contributed by atoms with Gasteiger partial charge in [-0.1, -0.05) is 19.3 Å². The molecule has 1 aliphatic carbocycles. The molecule has 0 amide bonds. The lowest BCUT2D eigenvalue weighted by atomic mass is 9.93. The standard InChI is InChI=1S/C17H31NO4/c1-4-22-16(19)12-8-9-13(2)18-15-11-7-5-6-10-14(15)17(20)21-3/h13-15,18H,4-12H2,1-3H3/t13-,14+,15-/m0/s1. The number of nitrogens with one attached hydrogen (secondary N) is 1. The number of esters is 2. The summed E-state index contributed by atoms with van der Waals surface area (Å²) in [6.45, 7) is 4.38. The van der Waals surface area contributed by atoms with Crippen LogP contribution in [0.25, 0.3) is 0 Å². The summed E-state index contributed by atoms with van der Waals surface area (Å²) in [5.74, 6) is -0.269. The van der Waals surface area contributed by atoms with Gasteiger partial charge in [0.1, 0.15) is 0 Å². The summed E-state index contributed by atoms with van der Waals surface area (Å²) in [6.07, 6.45) is 7.53. The molecular weight excluding hydrogens is 282 g/mol. The number of hydrogen-bond acceptors (Lipinski definition) is 5. The minimum absolute atomic E-state index is 0.0417. The lowest BCUT2D eigenvalue weighted by Crippen LogP contribution is -2.44. The highest BCUT2D eigenvalue weighted by Gasteiger charge is 2.31. The summed E-state index contributed by atoms with van der Waals surface area (Å²) in [7, 11) is 1.47. The molecule has 1 saturated carbocycles. The fraction of sp³-hybridized carbons (Fsp3) is 0.882. The van der Waals surface area contributed by atoms with Crippen LogP contribution < -0.4 is 5.32 Å². The summed E-state index contributed by atoms with van der Waals surface area (Å²) in [6, 6.07) is 0.470. The number of hydrogen-bond donors (Lipinski definition) is 1. The maximum absolute atomic E-state index is 12.0. The second-order valence-electron chi connectivity index (χ2n) is 6.14. The van der Waals surface area contributed by atoms with Crippen molar-refractivity contribution in [3.63, 3.8) is 0 Å². The summed E-state index contributed by atoms with van der Waals surface area (Å²) >= 11 is 0. The zero-order chi connectivity index (χ0) is 16.4. The molecular formula is C17H31NO4. The second-order valence-corrected chi connectivity index (χ2v) is 6.14. The first-order valence-corrected chi connectivity index (χ1v) is 8.58. The lowest BCUT2D eigenvalue weighted by Gasteiger charge is -2.27. The van der Waals surface area contributed by atoms with E-state index in [1.54, 1.807) is 0 Å². The van der Waals surface area contributed by atoms with Gasteiger partial charge in [-0.05, 0) is 39.5 Å². The Morgan fingerprint density at radius 1 is 1.23 bits per heavy atom. The SMILES string of the molecule is CCOC(=O)CCC[C@H](C)N[C@H]1CCCCC[C@H]1C(=O)OC. The molecule has 1 aliphatic rings. The minimum atomic E-state index is -0.128. The summed E-state index contributed by atoms with van der Waals surface area (Å²) in [4.78, 5) is 23.3. The molecule has 1 fully saturated rings. The van der Waals surface area contributed by atoms with Gasteiger partial charge in [0, 0.05) is 18.5 Å². The highest BCUT2D eigenvalue weighted by Crippen LogP contribution is 2.25. The molecule has 5 heteroatoms. The molecule has 3 atom stereocenters. The van der Waals surface area contributed by atoms with Crippen molar-refractivity contribution < 1.29 is 19.1 Å². The first-order valence-electron chi connectivity index (χ1n) is 8.58. The Kier molecular flexibility index (Phi) is 9.13. The van der Waals surface area contributed by atoms with Crippen molar-refractivity contribution in [2.75, 3.05) is 13.7 Å². The monoisotopic (exact) mass is 313 g/mol. The Morgan fingerprint density at radius 3 is 2.64 bits per heavy atom. The van der Waals surface area contributed by atoms with Gasteiger partial charge in [0.15, 0.2) is 0 Å². The van der Waals surface area contributed by atoms with Gasteiger partial charge < -0.3 is 14.8 Å². The van der Waals surface area contributed by atoms with E-state index >= 15 is 0 Å². The minimum Gasteiger partial charge on any atom is -0.469 e. The van der Waals surface area contributed by atoms with Crippen molar-refractivity contribution in [2.24, 2.45) is 5.92 Å². The number of carbonyl (C=O) groups is 2. The largest absolute Gasteiger partial charge is 0.469 e. The highest BCUT2D eigenvalue weighted by molar-refractivity contribution is 5.73. The predicted molar refractivity (Wildman–Crippen MR) is 85.5 cm³/mol. The third-order valence-corrected chi connectivity index (χ3v) is 4.34. The van der Waals surface area contributed by atoms with E-state index in [2.05, 4.69) is 12.2 Å². The zero-order valence-corrected chi connectivity index (χ0v) is 14.2. The topological polar surface area (TPSA) is 64.6 Å². The maximum atomic E-state index is 12.0. The van der Waals surface area contributed by atoms with E-state index in [0.29, 0.717) is 13.0 Å². The molecule has 0 spiro atoms. The molecule has 22 heavy (non-hydrogen) atoms.